The number of hydrogen-bond donors (Lipinski definition) is 1. The lowest BCUT2D eigenvalue weighted by Gasteiger charge is -2.15. The molecule has 0 radical (unpaired) electrons. The normalized spacial score (nSPS) is 19.6. The average molecular weight is 245 g/mol. The Morgan fingerprint density at radius 1 is 1.41 bits per heavy atom. The van der Waals surface area contributed by atoms with Crippen LogP contribution in [0.15, 0.2) is 18.2 Å². The summed E-state index contributed by atoms with van der Waals surface area (Å²) in [4.78, 5) is 1.81. The van der Waals surface area contributed by atoms with Crippen LogP contribution >= 0.6 is 0 Å². The van der Waals surface area contributed by atoms with Crippen molar-refractivity contribution in [3.05, 3.63) is 29.3 Å². The molecule has 1 atom stereocenters. The molecule has 0 bridgehead atoms. The number of hydrogen-bond acceptors (Lipinski definition) is 2. The van der Waals surface area contributed by atoms with Gasteiger partial charge in [-0.15, -0.1) is 0 Å². The van der Waals surface area contributed by atoms with Crippen molar-refractivity contribution in [2.45, 2.75) is 18.5 Å². The number of fused-ring (bicyclic) bond motifs is 1. The number of halogens is 3. The number of nitrogens with zero attached hydrogens (tertiary/aromatic N) is 1. The molecule has 0 saturated carbocycles. The predicted octanol–water partition coefficient (Wildman–Crippen LogP) is 2.62. The van der Waals surface area contributed by atoms with Gasteiger partial charge in [-0.05, 0) is 24.1 Å². The van der Waals surface area contributed by atoms with Crippen LogP contribution in [-0.2, 0) is 6.18 Å². The fourth-order valence-corrected chi connectivity index (χ4v) is 2.47. The Morgan fingerprint density at radius 3 is 2.71 bits per heavy atom. The highest BCUT2D eigenvalue weighted by Crippen LogP contribution is 2.44. The lowest BCUT2D eigenvalue weighted by molar-refractivity contribution is -0.138. The van der Waals surface area contributed by atoms with Crippen LogP contribution < -0.4 is 4.90 Å². The van der Waals surface area contributed by atoms with E-state index in [9.17, 15) is 13.2 Å². The van der Waals surface area contributed by atoms with Crippen molar-refractivity contribution in [3.63, 3.8) is 0 Å². The van der Waals surface area contributed by atoms with Crippen molar-refractivity contribution in [1.29, 1.82) is 0 Å². The minimum Gasteiger partial charge on any atom is -0.396 e. The zero-order chi connectivity index (χ0) is 12.6. The number of rotatable bonds is 2. The van der Waals surface area contributed by atoms with E-state index in [1.165, 1.54) is 6.07 Å². The van der Waals surface area contributed by atoms with Gasteiger partial charge < -0.3 is 10.0 Å². The van der Waals surface area contributed by atoms with E-state index in [-0.39, 0.29) is 12.5 Å². The quantitative estimate of drug-likeness (QED) is 0.865. The van der Waals surface area contributed by atoms with Crippen LogP contribution in [0.5, 0.6) is 0 Å². The SMILES string of the molecule is CN1CC(CCO)c2c1cccc2C(F)(F)F. The van der Waals surface area contributed by atoms with Gasteiger partial charge in [-0.2, -0.15) is 13.2 Å². The van der Waals surface area contributed by atoms with Gasteiger partial charge in [-0.25, -0.2) is 0 Å². The monoisotopic (exact) mass is 245 g/mol. The molecule has 0 spiro atoms. The first-order valence-corrected chi connectivity index (χ1v) is 5.47. The molecule has 1 aromatic rings. The molecule has 0 fully saturated rings. The zero-order valence-electron chi connectivity index (χ0n) is 9.46. The summed E-state index contributed by atoms with van der Waals surface area (Å²) in [7, 11) is 1.77. The predicted molar refractivity (Wildman–Crippen MR) is 59.2 cm³/mol. The van der Waals surface area contributed by atoms with Gasteiger partial charge in [-0.3, -0.25) is 0 Å². The molecule has 2 rings (SSSR count). The highest BCUT2D eigenvalue weighted by Gasteiger charge is 2.39. The Balaban J connectivity index is 2.51. The topological polar surface area (TPSA) is 23.5 Å². The molecule has 0 amide bonds. The van der Waals surface area contributed by atoms with E-state index in [1.807, 2.05) is 4.90 Å². The molecule has 1 aromatic carbocycles. The Bertz CT molecular complexity index is 417. The molecular formula is C12H14F3NO. The number of anilines is 1. The molecule has 17 heavy (non-hydrogen) atoms. The summed E-state index contributed by atoms with van der Waals surface area (Å²) >= 11 is 0. The van der Waals surface area contributed by atoms with E-state index in [2.05, 4.69) is 0 Å². The standard InChI is InChI=1S/C12H14F3NO/c1-16-7-8(5-6-17)11-9(12(13,14)15)3-2-4-10(11)16/h2-4,8,17H,5-7H2,1H3. The third kappa shape index (κ3) is 2.11. The van der Waals surface area contributed by atoms with Gasteiger partial charge in [0.25, 0.3) is 0 Å². The van der Waals surface area contributed by atoms with E-state index in [4.69, 9.17) is 5.11 Å². The van der Waals surface area contributed by atoms with Crippen LogP contribution in [0.2, 0.25) is 0 Å². The molecule has 1 heterocycles. The lowest BCUT2D eigenvalue weighted by Crippen LogP contribution is -2.16. The van der Waals surface area contributed by atoms with E-state index in [0.717, 1.165) is 6.07 Å². The van der Waals surface area contributed by atoms with Crippen LogP contribution in [0.3, 0.4) is 0 Å². The van der Waals surface area contributed by atoms with Crippen molar-refractivity contribution < 1.29 is 18.3 Å². The van der Waals surface area contributed by atoms with Crippen molar-refractivity contribution in [2.24, 2.45) is 0 Å². The number of benzene rings is 1. The zero-order valence-corrected chi connectivity index (χ0v) is 9.46. The van der Waals surface area contributed by atoms with Gasteiger partial charge in [0.15, 0.2) is 0 Å². The second kappa shape index (κ2) is 4.22. The fourth-order valence-electron chi connectivity index (χ4n) is 2.47. The second-order valence-corrected chi connectivity index (χ2v) is 4.33. The molecular weight excluding hydrogens is 231 g/mol. The summed E-state index contributed by atoms with van der Waals surface area (Å²) in [5.41, 5.74) is 0.382. The van der Waals surface area contributed by atoms with Gasteiger partial charge in [-0.1, -0.05) is 6.07 Å². The molecule has 94 valence electrons. The highest BCUT2D eigenvalue weighted by molar-refractivity contribution is 5.63. The van der Waals surface area contributed by atoms with E-state index >= 15 is 0 Å². The Hall–Kier alpha value is -1.23. The molecule has 2 nitrogen and oxygen atoms in total. The largest absolute Gasteiger partial charge is 0.416 e. The second-order valence-electron chi connectivity index (χ2n) is 4.33. The van der Waals surface area contributed by atoms with Crippen LogP contribution in [-0.4, -0.2) is 25.3 Å². The summed E-state index contributed by atoms with van der Waals surface area (Å²) in [6.07, 6.45) is -3.96. The Kier molecular flexibility index (Phi) is 3.03. The summed E-state index contributed by atoms with van der Waals surface area (Å²) in [6, 6.07) is 4.24. The summed E-state index contributed by atoms with van der Waals surface area (Å²) < 4.78 is 38.7. The van der Waals surface area contributed by atoms with E-state index in [0.29, 0.717) is 24.2 Å². The fraction of sp³-hybridized carbons (Fsp3) is 0.500. The third-order valence-electron chi connectivity index (χ3n) is 3.18. The molecule has 1 unspecified atom stereocenters. The first-order valence-electron chi connectivity index (χ1n) is 5.47. The number of aliphatic hydroxyl groups is 1. The molecule has 5 heteroatoms. The maximum atomic E-state index is 12.9. The number of aliphatic hydroxyl groups excluding tert-OH is 1. The van der Waals surface area contributed by atoms with Gasteiger partial charge >= 0.3 is 6.18 Å². The van der Waals surface area contributed by atoms with Crippen LogP contribution in [0, 0.1) is 0 Å². The molecule has 0 aliphatic carbocycles. The van der Waals surface area contributed by atoms with Gasteiger partial charge in [0.1, 0.15) is 0 Å². The summed E-state index contributed by atoms with van der Waals surface area (Å²) in [5, 5.41) is 8.93. The van der Waals surface area contributed by atoms with E-state index in [1.54, 1.807) is 13.1 Å². The van der Waals surface area contributed by atoms with Gasteiger partial charge in [0.05, 0.1) is 5.56 Å². The maximum absolute atomic E-state index is 12.9. The van der Waals surface area contributed by atoms with Crippen LogP contribution in [0.4, 0.5) is 18.9 Å². The third-order valence-corrected chi connectivity index (χ3v) is 3.18. The first kappa shape index (κ1) is 12.2. The Labute approximate surface area is 97.7 Å². The lowest BCUT2D eigenvalue weighted by atomic mass is 9.93. The van der Waals surface area contributed by atoms with Gasteiger partial charge in [0.2, 0.25) is 0 Å². The highest BCUT2D eigenvalue weighted by atomic mass is 19.4. The van der Waals surface area contributed by atoms with Crippen molar-refractivity contribution in [1.82, 2.24) is 0 Å². The van der Waals surface area contributed by atoms with Gasteiger partial charge in [0, 0.05) is 31.8 Å². The summed E-state index contributed by atoms with van der Waals surface area (Å²) in [5.74, 6) is -0.238. The smallest absolute Gasteiger partial charge is 0.396 e. The molecule has 0 saturated heterocycles. The van der Waals surface area contributed by atoms with Crippen molar-refractivity contribution in [2.75, 3.05) is 25.1 Å². The average Bonchev–Trinajstić information content (AvgIpc) is 2.55. The molecule has 1 aliphatic rings. The van der Waals surface area contributed by atoms with Crippen molar-refractivity contribution >= 4 is 5.69 Å². The van der Waals surface area contributed by atoms with Crippen LogP contribution in [0.1, 0.15) is 23.5 Å². The molecule has 0 aromatic heterocycles. The minimum atomic E-state index is -4.33. The Morgan fingerprint density at radius 2 is 2.12 bits per heavy atom. The van der Waals surface area contributed by atoms with Crippen LogP contribution in [0.25, 0.3) is 0 Å². The molecule has 1 N–H and O–H groups in total. The number of likely N-dealkylation sites (N-methyl/N-ethyl adjacent to an activating group) is 1. The summed E-state index contributed by atoms with van der Waals surface area (Å²) in [6.45, 7) is 0.438. The van der Waals surface area contributed by atoms with E-state index < -0.39 is 11.7 Å². The minimum absolute atomic E-state index is 0.0931. The van der Waals surface area contributed by atoms with Crippen molar-refractivity contribution in [3.8, 4) is 0 Å². The molecule has 1 aliphatic heterocycles. The maximum Gasteiger partial charge on any atom is 0.416 e. The first-order chi connectivity index (χ1) is 7.95. The number of alkyl halides is 3.